The predicted octanol–water partition coefficient (Wildman–Crippen LogP) is 17.0. The Hall–Kier alpha value is -11.7. The Morgan fingerprint density at radius 1 is 0.312 bits per heavy atom. The summed E-state index contributed by atoms with van der Waals surface area (Å²) >= 11 is 9.53. The summed E-state index contributed by atoms with van der Waals surface area (Å²) in [5.41, 5.74) is 6.77. The third-order valence-corrected chi connectivity index (χ3v) is 18.5. The van der Waals surface area contributed by atoms with Crippen LogP contribution in [0, 0.1) is 85.8 Å². The van der Waals surface area contributed by atoms with Crippen LogP contribution in [0.15, 0.2) is 97.1 Å². The Balaban J connectivity index is 0.000000287. The molecule has 8 aromatic rings. The van der Waals surface area contributed by atoms with E-state index in [2.05, 4.69) is 0 Å². The van der Waals surface area contributed by atoms with E-state index < -0.39 is 41.4 Å². The lowest BCUT2D eigenvalue weighted by Crippen LogP contribution is -2.15. The van der Waals surface area contributed by atoms with Crippen LogP contribution < -0.4 is 18.9 Å². The zero-order chi connectivity index (χ0) is 80.9. The van der Waals surface area contributed by atoms with Gasteiger partial charge in [0.1, 0.15) is 70.3 Å². The van der Waals surface area contributed by atoms with Gasteiger partial charge in [0, 0.05) is 152 Å². The number of nitrogens with zero attached hydrogens (tertiary/aromatic N) is 8. The van der Waals surface area contributed by atoms with Gasteiger partial charge in [0.25, 0.3) is 22.7 Å². The highest BCUT2D eigenvalue weighted by atomic mass is 35.5. The highest BCUT2D eigenvalue weighted by Crippen LogP contribution is 2.47. The molecule has 27 heteroatoms. The minimum absolute atomic E-state index is 0.0323. The largest absolute Gasteiger partial charge is 0.507 e. The molecule has 5 N–H and O–H groups in total. The van der Waals surface area contributed by atoms with Crippen LogP contribution >= 0.6 is 23.2 Å². The molecule has 0 radical (unpaired) electrons. The fourth-order valence-corrected chi connectivity index (χ4v) is 13.1. The van der Waals surface area contributed by atoms with Crippen LogP contribution in [0.3, 0.4) is 0 Å². The number of alkyl halides is 2. The predicted molar refractivity (Wildman–Crippen MR) is 411 cm³/mol. The van der Waals surface area contributed by atoms with Crippen LogP contribution in [0.4, 0.5) is 22.7 Å². The zero-order valence-corrected chi connectivity index (χ0v) is 64.4. The Kier molecular flexibility index (Phi) is 27.4. The van der Waals surface area contributed by atoms with Crippen molar-refractivity contribution in [2.24, 2.45) is 0 Å². The maximum Gasteiger partial charge on any atom is 0.270 e. The molecule has 0 aliphatic heterocycles. The number of rotatable bonds is 12. The standard InChI is InChI=1S/2C40H40N4O8.CH2Cl2.CH4O/c2*1-39(2,3)31-15-27-11-23-19-33(43(47)48)21-25(35(23)45)13-29-17-32(40(4,5)6)18-30(38(29)52-10-8-42)14-26-22-34(44(49)50)20-24(36(26)46)12-28(16-31)37(27)51-9-7-41;2-1-3;1-2/h2*15-22,45-46H,9-14H2,1-6H3;1H2;2H,1H3. The number of aromatic hydroxyl groups is 4. The summed E-state index contributed by atoms with van der Waals surface area (Å²) in [5.74, 6) is 0.418. The molecule has 2 aliphatic carbocycles. The van der Waals surface area contributed by atoms with E-state index in [4.69, 9.17) is 47.3 Å². The number of aliphatic hydroxyl groups is 1. The second kappa shape index (κ2) is 35.3. The Labute approximate surface area is 641 Å². The highest BCUT2D eigenvalue weighted by molar-refractivity contribution is 6.40. The van der Waals surface area contributed by atoms with Gasteiger partial charge in [-0.15, -0.1) is 23.2 Å². The number of non-ortho nitro benzene ring substituents is 4. The van der Waals surface area contributed by atoms with Gasteiger partial charge >= 0.3 is 0 Å². The van der Waals surface area contributed by atoms with E-state index in [-0.39, 0.29) is 196 Å². The van der Waals surface area contributed by atoms with Gasteiger partial charge in [-0.05, 0) is 88.4 Å². The van der Waals surface area contributed by atoms with Gasteiger partial charge in [0.05, 0.1) is 25.0 Å². The molecule has 109 heavy (non-hydrogen) atoms. The zero-order valence-electron chi connectivity index (χ0n) is 62.9. The topological polar surface area (TPSA) is 406 Å². The molecule has 570 valence electrons. The number of hydrogen-bond acceptors (Lipinski definition) is 21. The van der Waals surface area contributed by atoms with E-state index in [1.807, 2.05) is 156 Å². The van der Waals surface area contributed by atoms with Crippen molar-refractivity contribution >= 4 is 46.0 Å². The molecule has 0 atom stereocenters. The number of halogens is 2. The number of phenolic OH excluding ortho intramolecular Hbond substituents is 4. The molecule has 2 aliphatic rings. The normalized spacial score (nSPS) is 12.3. The lowest BCUT2D eigenvalue weighted by Gasteiger charge is -2.26. The maximum atomic E-state index is 12.3. The number of nitro benzene ring substituents is 4. The van der Waals surface area contributed by atoms with E-state index in [0.717, 1.165) is 29.4 Å². The van der Waals surface area contributed by atoms with E-state index in [1.165, 1.54) is 48.5 Å². The second-order valence-electron chi connectivity index (χ2n) is 30.3. The number of hydrogen-bond donors (Lipinski definition) is 5. The van der Waals surface area contributed by atoms with Gasteiger partial charge in [-0.1, -0.05) is 132 Å². The molecule has 8 aromatic carbocycles. The van der Waals surface area contributed by atoms with Crippen molar-refractivity contribution in [3.8, 4) is 70.3 Å². The fraction of sp³-hybridized carbons (Fsp3) is 0.366. The number of fused-ring (bicyclic) bond motifs is 16. The smallest absolute Gasteiger partial charge is 0.270 e. The minimum atomic E-state index is -0.527. The molecule has 0 fully saturated rings. The van der Waals surface area contributed by atoms with Crippen molar-refractivity contribution in [2.45, 2.75) is 156 Å². The molecule has 0 saturated heterocycles. The van der Waals surface area contributed by atoms with Crippen molar-refractivity contribution in [2.75, 3.05) is 38.9 Å². The highest BCUT2D eigenvalue weighted by Gasteiger charge is 2.32. The molecular weight excluding hydrogens is 1440 g/mol. The van der Waals surface area contributed by atoms with Gasteiger partial charge in [-0.2, -0.15) is 21.0 Å². The van der Waals surface area contributed by atoms with Gasteiger partial charge in [-0.25, -0.2) is 0 Å². The van der Waals surface area contributed by atoms with E-state index in [9.17, 15) is 81.9 Å². The molecule has 0 saturated carbocycles. The van der Waals surface area contributed by atoms with Crippen LogP contribution in [0.25, 0.3) is 0 Å². The first-order valence-corrected chi connectivity index (χ1v) is 35.5. The Morgan fingerprint density at radius 2 is 0.440 bits per heavy atom. The average molecular weight is 1530 g/mol. The number of benzene rings is 8. The summed E-state index contributed by atoms with van der Waals surface area (Å²) < 4.78 is 24.0. The van der Waals surface area contributed by atoms with Crippen molar-refractivity contribution < 1.29 is 64.2 Å². The van der Waals surface area contributed by atoms with E-state index in [0.29, 0.717) is 44.5 Å². The number of phenols is 4. The third kappa shape index (κ3) is 20.5. The first kappa shape index (κ1) is 84.5. The van der Waals surface area contributed by atoms with Crippen LogP contribution in [0.5, 0.6) is 46.0 Å². The van der Waals surface area contributed by atoms with Gasteiger partial charge < -0.3 is 44.5 Å². The van der Waals surface area contributed by atoms with Gasteiger partial charge in [-0.3, -0.25) is 40.5 Å². The first-order chi connectivity index (χ1) is 51.2. The van der Waals surface area contributed by atoms with Crippen LogP contribution in [-0.2, 0) is 73.0 Å². The lowest BCUT2D eigenvalue weighted by atomic mass is 9.81. The molecule has 0 aromatic heterocycles. The average Bonchev–Trinajstić information content (AvgIpc) is 0.777. The first-order valence-electron chi connectivity index (χ1n) is 34.4. The number of aliphatic hydroxyl groups excluding tert-OH is 1. The SMILES string of the molecule is CC(C)(C)c1cc2c(OCC#N)c(c1)Cc1cc([N+](=O)[O-])cc(c1O)Cc1cc(C(C)(C)C)cc(c1OCC#N)Cc1cc([N+](=O)[O-])cc(c1O)C2.CC(C)(C)c1cc2c(OCC#N)c(c1)Cc1cc([N+](=O)[O-])cc(c1O)Cc1cc(C(C)(C)C)cc(c1OCC#N)Cc1cc([N+](=O)[O-])cc(c1O)C2.CO.ClCCl. The van der Waals surface area contributed by atoms with Crippen LogP contribution in [0.2, 0.25) is 0 Å². The van der Waals surface area contributed by atoms with Crippen molar-refractivity contribution in [3.05, 3.63) is 249 Å². The summed E-state index contributed by atoms with van der Waals surface area (Å²) in [6, 6.07) is 33.3. The fourth-order valence-electron chi connectivity index (χ4n) is 13.1. The van der Waals surface area contributed by atoms with E-state index in [1.54, 1.807) is 0 Å². The molecule has 0 spiro atoms. The molecule has 10 rings (SSSR count). The van der Waals surface area contributed by atoms with Crippen molar-refractivity contribution in [1.29, 1.82) is 21.0 Å². The monoisotopic (exact) mass is 1520 g/mol. The Morgan fingerprint density at radius 3 is 0.541 bits per heavy atom. The van der Waals surface area contributed by atoms with Crippen molar-refractivity contribution in [1.82, 2.24) is 0 Å². The second-order valence-corrected chi connectivity index (χ2v) is 31.1. The summed E-state index contributed by atoms with van der Waals surface area (Å²) in [5, 5.41) is 142. The van der Waals surface area contributed by atoms with Crippen LogP contribution in [0.1, 0.15) is 194 Å². The lowest BCUT2D eigenvalue weighted by molar-refractivity contribution is -0.385. The number of nitro groups is 4. The Bertz CT molecular complexity index is 4210. The van der Waals surface area contributed by atoms with Crippen LogP contribution in [-0.4, -0.2) is 84.1 Å². The summed E-state index contributed by atoms with van der Waals surface area (Å²) in [4.78, 5) is 47.0. The summed E-state index contributed by atoms with van der Waals surface area (Å²) in [7, 11) is 1.00. The molecule has 16 bridgehead atoms. The van der Waals surface area contributed by atoms with E-state index >= 15 is 0 Å². The number of ether oxygens (including phenoxy) is 4. The molecule has 0 amide bonds. The van der Waals surface area contributed by atoms with Gasteiger partial charge in [0.2, 0.25) is 0 Å². The third-order valence-electron chi connectivity index (χ3n) is 18.5. The molecule has 0 heterocycles. The quantitative estimate of drug-likeness (QED) is 0.0431. The molecule has 0 unspecified atom stereocenters. The summed E-state index contributed by atoms with van der Waals surface area (Å²) in [6.07, 6.45) is -0.258. The van der Waals surface area contributed by atoms with Crippen molar-refractivity contribution in [3.63, 3.8) is 0 Å². The molecule has 25 nitrogen and oxygen atoms in total. The summed E-state index contributed by atoms with van der Waals surface area (Å²) in [6.45, 7) is 22.6. The number of nitriles is 4. The molecular formula is C82H86Cl2N8O17. The minimum Gasteiger partial charge on any atom is -0.507 e. The maximum absolute atomic E-state index is 12.3. The van der Waals surface area contributed by atoms with Gasteiger partial charge in [0.15, 0.2) is 26.4 Å².